The van der Waals surface area contributed by atoms with Crippen LogP contribution in [-0.2, 0) is 9.59 Å². The van der Waals surface area contributed by atoms with Crippen molar-refractivity contribution in [1.82, 2.24) is 5.32 Å². The summed E-state index contributed by atoms with van der Waals surface area (Å²) in [5.41, 5.74) is 3.18. The number of methoxy groups -OCH3 is 1. The molecule has 172 valence electrons. The highest BCUT2D eigenvalue weighted by Crippen LogP contribution is 2.35. The van der Waals surface area contributed by atoms with E-state index < -0.39 is 0 Å². The summed E-state index contributed by atoms with van der Waals surface area (Å²) in [5.74, 6) is 0.263. The number of anilines is 1. The van der Waals surface area contributed by atoms with Crippen molar-refractivity contribution >= 4 is 46.2 Å². The number of carbonyl (C=O) groups excluding carboxylic acids is 2. The minimum Gasteiger partial charge on any atom is -0.493 e. The van der Waals surface area contributed by atoms with Crippen LogP contribution in [0, 0.1) is 6.92 Å². The number of aryl methyl sites for hydroxylation is 1. The lowest BCUT2D eigenvalue weighted by molar-refractivity contribution is -0.118. The van der Waals surface area contributed by atoms with Crippen molar-refractivity contribution in [2.75, 3.05) is 19.0 Å². The summed E-state index contributed by atoms with van der Waals surface area (Å²) >= 11 is 1.24. The van der Waals surface area contributed by atoms with Gasteiger partial charge in [-0.25, -0.2) is 4.99 Å². The topological polar surface area (TPSA) is 89.0 Å². The number of para-hydroxylation sites is 2. The van der Waals surface area contributed by atoms with E-state index in [9.17, 15) is 9.59 Å². The van der Waals surface area contributed by atoms with Gasteiger partial charge in [0.05, 0.1) is 17.7 Å². The number of benzene rings is 3. The van der Waals surface area contributed by atoms with E-state index in [1.165, 1.54) is 18.9 Å². The van der Waals surface area contributed by atoms with Crippen molar-refractivity contribution in [1.29, 1.82) is 0 Å². The molecule has 2 amide bonds. The Morgan fingerprint density at radius 2 is 1.82 bits per heavy atom. The summed E-state index contributed by atoms with van der Waals surface area (Å²) in [6.07, 6.45) is 1.70. The summed E-state index contributed by atoms with van der Waals surface area (Å²) in [5, 5.41) is 6.05. The van der Waals surface area contributed by atoms with Crippen LogP contribution < -0.4 is 20.1 Å². The van der Waals surface area contributed by atoms with E-state index in [0.29, 0.717) is 32.8 Å². The van der Waals surface area contributed by atoms with Crippen molar-refractivity contribution in [3.8, 4) is 11.5 Å². The molecule has 1 saturated heterocycles. The SMILES string of the molecule is COc1cccc(/C=C2/SC(=Nc3ccc(C)cc3)NC2=O)c1OCC(=O)Nc1ccccc1. The van der Waals surface area contributed by atoms with Gasteiger partial charge in [0.25, 0.3) is 11.8 Å². The van der Waals surface area contributed by atoms with Crippen LogP contribution in [0.15, 0.2) is 82.7 Å². The van der Waals surface area contributed by atoms with Crippen molar-refractivity contribution in [2.45, 2.75) is 6.92 Å². The first kappa shape index (κ1) is 23.1. The molecule has 2 N–H and O–H groups in total. The second-order valence-corrected chi connectivity index (χ2v) is 8.43. The van der Waals surface area contributed by atoms with Crippen LogP contribution in [-0.4, -0.2) is 30.7 Å². The average Bonchev–Trinajstić information content (AvgIpc) is 3.18. The fourth-order valence-electron chi connectivity index (χ4n) is 3.18. The van der Waals surface area contributed by atoms with Crippen LogP contribution in [0.5, 0.6) is 11.5 Å². The standard InChI is InChI=1S/C26H23N3O4S/c1-17-11-13-20(14-12-17)28-26-29-25(31)22(34-26)15-18-7-6-10-21(32-2)24(18)33-16-23(30)27-19-8-4-3-5-9-19/h3-15H,16H2,1-2H3,(H,27,30)(H,28,29,31)/b22-15+. The van der Waals surface area contributed by atoms with Gasteiger partial charge in [-0.15, -0.1) is 0 Å². The second-order valence-electron chi connectivity index (χ2n) is 7.40. The zero-order valence-corrected chi connectivity index (χ0v) is 19.5. The average molecular weight is 474 g/mol. The molecule has 0 spiro atoms. The lowest BCUT2D eigenvalue weighted by atomic mass is 10.1. The largest absolute Gasteiger partial charge is 0.493 e. The first-order valence-electron chi connectivity index (χ1n) is 10.5. The molecule has 0 aliphatic carbocycles. The molecule has 0 saturated carbocycles. The fourth-order valence-corrected chi connectivity index (χ4v) is 4.01. The number of amides is 2. The number of thioether (sulfide) groups is 1. The van der Waals surface area contributed by atoms with Crippen molar-refractivity contribution in [3.05, 3.63) is 88.8 Å². The predicted molar refractivity (Wildman–Crippen MR) is 136 cm³/mol. The van der Waals surface area contributed by atoms with Gasteiger partial charge in [0.15, 0.2) is 23.3 Å². The maximum atomic E-state index is 12.6. The summed E-state index contributed by atoms with van der Waals surface area (Å²) in [6.45, 7) is 1.79. The molecule has 1 fully saturated rings. The Labute approximate surface area is 201 Å². The van der Waals surface area contributed by atoms with Crippen LogP contribution in [0.3, 0.4) is 0 Å². The van der Waals surface area contributed by atoms with Crippen molar-refractivity contribution < 1.29 is 19.1 Å². The second kappa shape index (κ2) is 10.7. The molecular weight excluding hydrogens is 450 g/mol. The van der Waals surface area contributed by atoms with E-state index in [1.807, 2.05) is 49.4 Å². The first-order valence-corrected chi connectivity index (χ1v) is 11.3. The fraction of sp³-hybridized carbons (Fsp3) is 0.115. The zero-order valence-electron chi connectivity index (χ0n) is 18.7. The molecule has 8 heteroatoms. The number of aliphatic imine (C=N–C) groups is 1. The normalized spacial score (nSPS) is 15.3. The highest BCUT2D eigenvalue weighted by molar-refractivity contribution is 8.18. The van der Waals surface area contributed by atoms with Gasteiger partial charge in [0.2, 0.25) is 0 Å². The molecule has 1 aliphatic heterocycles. The van der Waals surface area contributed by atoms with Gasteiger partial charge in [-0.1, -0.05) is 48.0 Å². The first-order chi connectivity index (χ1) is 16.5. The third-order valence-corrected chi connectivity index (χ3v) is 5.75. The van der Waals surface area contributed by atoms with Crippen molar-refractivity contribution in [2.24, 2.45) is 4.99 Å². The molecule has 3 aromatic carbocycles. The number of nitrogens with one attached hydrogen (secondary N) is 2. The number of ether oxygens (including phenoxy) is 2. The van der Waals surface area contributed by atoms with Crippen LogP contribution >= 0.6 is 11.8 Å². The molecule has 0 bridgehead atoms. The van der Waals surface area contributed by atoms with Crippen molar-refractivity contribution in [3.63, 3.8) is 0 Å². The summed E-state index contributed by atoms with van der Waals surface area (Å²) in [6, 6.07) is 22.2. The Hall–Kier alpha value is -4.04. The highest BCUT2D eigenvalue weighted by Gasteiger charge is 2.25. The molecule has 0 aromatic heterocycles. The Morgan fingerprint density at radius 1 is 1.06 bits per heavy atom. The van der Waals surface area contributed by atoms with Gasteiger partial charge < -0.3 is 20.1 Å². The maximum Gasteiger partial charge on any atom is 0.264 e. The van der Waals surface area contributed by atoms with Gasteiger partial charge in [0.1, 0.15) is 0 Å². The van der Waals surface area contributed by atoms with E-state index in [1.54, 1.807) is 36.4 Å². The van der Waals surface area contributed by atoms with Gasteiger partial charge in [-0.2, -0.15) is 0 Å². The monoisotopic (exact) mass is 473 g/mol. The maximum absolute atomic E-state index is 12.6. The smallest absolute Gasteiger partial charge is 0.264 e. The third kappa shape index (κ3) is 5.85. The molecule has 3 aromatic rings. The molecule has 1 heterocycles. The van der Waals surface area contributed by atoms with Crippen LogP contribution in [0.2, 0.25) is 0 Å². The van der Waals surface area contributed by atoms with E-state index in [2.05, 4.69) is 15.6 Å². The quantitative estimate of drug-likeness (QED) is 0.476. The summed E-state index contributed by atoms with van der Waals surface area (Å²) < 4.78 is 11.2. The zero-order chi connectivity index (χ0) is 23.9. The molecule has 0 unspecified atom stereocenters. The molecule has 0 radical (unpaired) electrons. The minimum absolute atomic E-state index is 0.217. The summed E-state index contributed by atoms with van der Waals surface area (Å²) in [7, 11) is 1.52. The van der Waals surface area contributed by atoms with E-state index in [4.69, 9.17) is 9.47 Å². The van der Waals surface area contributed by atoms with Gasteiger partial charge in [-0.05, 0) is 55.1 Å². The van der Waals surface area contributed by atoms with Gasteiger partial charge in [0, 0.05) is 11.3 Å². The van der Waals surface area contributed by atoms with Crippen LogP contribution in [0.1, 0.15) is 11.1 Å². The van der Waals surface area contributed by atoms with E-state index in [0.717, 1.165) is 11.3 Å². The minimum atomic E-state index is -0.309. The number of nitrogens with zero attached hydrogens (tertiary/aromatic N) is 1. The number of hydrogen-bond acceptors (Lipinski definition) is 6. The summed E-state index contributed by atoms with van der Waals surface area (Å²) in [4.78, 5) is 29.9. The third-order valence-electron chi connectivity index (χ3n) is 4.84. The lowest BCUT2D eigenvalue weighted by Gasteiger charge is -2.13. The Balaban J connectivity index is 1.52. The number of amidine groups is 1. The molecule has 0 atom stereocenters. The van der Waals surface area contributed by atoms with Gasteiger partial charge >= 0.3 is 0 Å². The Bertz CT molecular complexity index is 1250. The molecule has 34 heavy (non-hydrogen) atoms. The number of carbonyl (C=O) groups is 2. The number of rotatable bonds is 7. The van der Waals surface area contributed by atoms with Crippen LogP contribution in [0.25, 0.3) is 6.08 Å². The Morgan fingerprint density at radius 3 is 2.56 bits per heavy atom. The molecule has 1 aliphatic rings. The van der Waals surface area contributed by atoms with E-state index in [-0.39, 0.29) is 18.4 Å². The van der Waals surface area contributed by atoms with Gasteiger partial charge in [-0.3, -0.25) is 9.59 Å². The molecular formula is C26H23N3O4S. The Kier molecular flexibility index (Phi) is 7.29. The predicted octanol–water partition coefficient (Wildman–Crippen LogP) is 4.91. The molecule has 7 nitrogen and oxygen atoms in total. The van der Waals surface area contributed by atoms with Crippen LogP contribution in [0.4, 0.5) is 11.4 Å². The highest BCUT2D eigenvalue weighted by atomic mass is 32.2. The number of hydrogen-bond donors (Lipinski definition) is 2. The van der Waals surface area contributed by atoms with E-state index >= 15 is 0 Å². The lowest BCUT2D eigenvalue weighted by Crippen LogP contribution is -2.20. The molecule has 4 rings (SSSR count).